The van der Waals surface area contributed by atoms with Gasteiger partial charge >= 0.3 is 18.4 Å². The number of likely N-dealkylation sites (tertiary alicyclic amines) is 1. The fraction of sp³-hybridized carbons (Fsp3) is 0.722. The number of hydrogen-bond donors (Lipinski definition) is 2. The van der Waals surface area contributed by atoms with Gasteiger partial charge in [0.25, 0.3) is 5.91 Å². The van der Waals surface area contributed by atoms with Gasteiger partial charge in [0.1, 0.15) is 11.5 Å². The van der Waals surface area contributed by atoms with Gasteiger partial charge in [-0.25, -0.2) is 18.2 Å². The Labute approximate surface area is 195 Å². The van der Waals surface area contributed by atoms with Gasteiger partial charge < -0.3 is 19.9 Å². The largest absolute Gasteiger partial charge is 0.465 e. The van der Waals surface area contributed by atoms with Crippen molar-refractivity contribution in [2.75, 3.05) is 25.9 Å². The SMILES string of the molecule is CC1(NC(=O)c2cn3c(n2)CN(S(C)(=O)=O)CC3)CCN(C(=O)O)CC1C(C(F)(F)F)C(F)(F)F. The topological polar surface area (TPSA) is 125 Å². The Kier molecular flexibility index (Phi) is 6.82. The van der Waals surface area contributed by atoms with Gasteiger partial charge in [-0.2, -0.15) is 30.6 Å². The van der Waals surface area contributed by atoms with Crippen molar-refractivity contribution in [3.8, 4) is 0 Å². The van der Waals surface area contributed by atoms with Crippen LogP contribution in [0.25, 0.3) is 0 Å². The molecule has 0 bridgehead atoms. The summed E-state index contributed by atoms with van der Waals surface area (Å²) in [5, 5.41) is 11.4. The van der Waals surface area contributed by atoms with E-state index in [0.29, 0.717) is 4.90 Å². The smallest absolute Gasteiger partial charge is 0.407 e. The lowest BCUT2D eigenvalue weighted by molar-refractivity contribution is -0.307. The molecular formula is C18H23F6N5O5S. The summed E-state index contributed by atoms with van der Waals surface area (Å²) in [7, 11) is -3.56. The number of fused-ring (bicyclic) bond motifs is 1. The van der Waals surface area contributed by atoms with Crippen LogP contribution in [0.5, 0.6) is 0 Å². The van der Waals surface area contributed by atoms with E-state index in [4.69, 9.17) is 5.11 Å². The predicted molar refractivity (Wildman–Crippen MR) is 107 cm³/mol. The summed E-state index contributed by atoms with van der Waals surface area (Å²) in [4.78, 5) is 28.7. The van der Waals surface area contributed by atoms with Gasteiger partial charge in [-0.15, -0.1) is 0 Å². The monoisotopic (exact) mass is 535 g/mol. The van der Waals surface area contributed by atoms with Crippen LogP contribution in [0.3, 0.4) is 0 Å². The molecule has 1 fully saturated rings. The third-order valence-electron chi connectivity index (χ3n) is 6.38. The molecule has 2 aliphatic heterocycles. The summed E-state index contributed by atoms with van der Waals surface area (Å²) in [5.41, 5.74) is -2.40. The highest BCUT2D eigenvalue weighted by atomic mass is 32.2. The first-order chi connectivity index (χ1) is 15.8. The molecule has 2 aliphatic rings. The highest BCUT2D eigenvalue weighted by Crippen LogP contribution is 2.49. The number of aromatic nitrogens is 2. The Bertz CT molecular complexity index is 1090. The Hall–Kier alpha value is -2.56. The van der Waals surface area contributed by atoms with Gasteiger partial charge in [-0.05, 0) is 13.3 Å². The molecule has 17 heteroatoms. The molecule has 3 rings (SSSR count). The Morgan fingerprint density at radius 2 is 1.77 bits per heavy atom. The number of amides is 2. The molecule has 2 atom stereocenters. The molecule has 0 saturated carbocycles. The molecule has 3 heterocycles. The number of piperidine rings is 1. The van der Waals surface area contributed by atoms with E-state index < -0.39 is 71.3 Å². The van der Waals surface area contributed by atoms with E-state index in [9.17, 15) is 44.3 Å². The number of sulfonamides is 1. The van der Waals surface area contributed by atoms with Crippen molar-refractivity contribution in [2.24, 2.45) is 11.8 Å². The number of nitrogens with one attached hydrogen (secondary N) is 1. The van der Waals surface area contributed by atoms with Crippen LogP contribution in [-0.4, -0.2) is 88.1 Å². The fourth-order valence-electron chi connectivity index (χ4n) is 4.47. The minimum atomic E-state index is -5.75. The Morgan fingerprint density at radius 3 is 2.29 bits per heavy atom. The number of nitrogens with zero attached hydrogens (tertiary/aromatic N) is 4. The van der Waals surface area contributed by atoms with Crippen molar-refractivity contribution in [1.82, 2.24) is 24.1 Å². The molecule has 0 aromatic carbocycles. The third-order valence-corrected chi connectivity index (χ3v) is 7.63. The predicted octanol–water partition coefficient (Wildman–Crippen LogP) is 1.89. The molecule has 2 amide bonds. The second-order valence-electron chi connectivity index (χ2n) is 8.85. The van der Waals surface area contributed by atoms with Gasteiger partial charge in [0.15, 0.2) is 5.92 Å². The van der Waals surface area contributed by atoms with Gasteiger partial charge in [0, 0.05) is 43.8 Å². The molecule has 1 aromatic heterocycles. The second-order valence-corrected chi connectivity index (χ2v) is 10.8. The van der Waals surface area contributed by atoms with Crippen LogP contribution in [0.1, 0.15) is 29.7 Å². The second kappa shape index (κ2) is 8.83. The maximum absolute atomic E-state index is 13.6. The number of hydrogen-bond acceptors (Lipinski definition) is 5. The molecule has 1 saturated heterocycles. The average molecular weight is 535 g/mol. The minimum Gasteiger partial charge on any atom is -0.465 e. The lowest BCUT2D eigenvalue weighted by Gasteiger charge is -2.48. The number of carbonyl (C=O) groups excluding carboxylic acids is 1. The lowest BCUT2D eigenvalue weighted by atomic mass is 9.71. The van der Waals surface area contributed by atoms with E-state index in [1.807, 2.05) is 0 Å². The van der Waals surface area contributed by atoms with Crippen molar-refractivity contribution in [1.29, 1.82) is 0 Å². The molecule has 35 heavy (non-hydrogen) atoms. The quantitative estimate of drug-likeness (QED) is 0.568. The Morgan fingerprint density at radius 1 is 1.17 bits per heavy atom. The van der Waals surface area contributed by atoms with Crippen LogP contribution in [0.4, 0.5) is 31.1 Å². The van der Waals surface area contributed by atoms with Crippen LogP contribution in [0.15, 0.2) is 6.20 Å². The number of carboxylic acid groups (broad SMARTS) is 1. The minimum absolute atomic E-state index is 0.0902. The zero-order valence-corrected chi connectivity index (χ0v) is 19.3. The van der Waals surface area contributed by atoms with E-state index in [0.717, 1.165) is 17.5 Å². The van der Waals surface area contributed by atoms with E-state index in [1.54, 1.807) is 0 Å². The summed E-state index contributed by atoms with van der Waals surface area (Å²) in [5.74, 6) is -7.13. The summed E-state index contributed by atoms with van der Waals surface area (Å²) in [6.45, 7) is -0.412. The molecule has 2 N–H and O–H groups in total. The standard InChI is InChI=1S/C18H23F6N5O5S/c1-16(3-4-28(15(31)32)7-10(16)13(17(19,20)21)18(22,23)24)26-14(30)11-8-27-5-6-29(35(2,33)34)9-12(27)25-11/h8,10,13H,3-7,9H2,1-2H3,(H,26,30)(H,31,32). The summed E-state index contributed by atoms with van der Waals surface area (Å²) in [6.07, 6.45) is -11.5. The van der Waals surface area contributed by atoms with E-state index >= 15 is 0 Å². The van der Waals surface area contributed by atoms with E-state index in [1.165, 1.54) is 10.8 Å². The maximum Gasteiger partial charge on any atom is 0.407 e. The summed E-state index contributed by atoms with van der Waals surface area (Å²) >= 11 is 0. The van der Waals surface area contributed by atoms with E-state index in [2.05, 4.69) is 10.3 Å². The fourth-order valence-corrected chi connectivity index (χ4v) is 5.24. The van der Waals surface area contributed by atoms with Gasteiger partial charge in [-0.3, -0.25) is 4.79 Å². The zero-order chi connectivity index (χ0) is 26.6. The van der Waals surface area contributed by atoms with Crippen LogP contribution in [0.2, 0.25) is 0 Å². The van der Waals surface area contributed by atoms with Crippen LogP contribution < -0.4 is 5.32 Å². The molecule has 0 spiro atoms. The average Bonchev–Trinajstić information content (AvgIpc) is 3.10. The van der Waals surface area contributed by atoms with Gasteiger partial charge in [0.2, 0.25) is 10.0 Å². The highest BCUT2D eigenvalue weighted by molar-refractivity contribution is 7.88. The van der Waals surface area contributed by atoms with E-state index in [-0.39, 0.29) is 31.2 Å². The number of rotatable bonds is 4. The van der Waals surface area contributed by atoms with Crippen LogP contribution in [0, 0.1) is 11.8 Å². The van der Waals surface area contributed by atoms with Crippen LogP contribution >= 0.6 is 0 Å². The zero-order valence-electron chi connectivity index (χ0n) is 18.5. The number of alkyl halides is 6. The summed E-state index contributed by atoms with van der Waals surface area (Å²) < 4.78 is 107. The van der Waals surface area contributed by atoms with Crippen molar-refractivity contribution < 1.29 is 49.5 Å². The maximum atomic E-state index is 13.6. The van der Waals surface area contributed by atoms with Gasteiger partial charge in [-0.1, -0.05) is 0 Å². The van der Waals surface area contributed by atoms with Crippen molar-refractivity contribution in [2.45, 2.75) is 44.3 Å². The van der Waals surface area contributed by atoms with Crippen molar-refractivity contribution in [3.05, 3.63) is 17.7 Å². The Balaban J connectivity index is 1.91. The van der Waals surface area contributed by atoms with Gasteiger partial charge in [0.05, 0.1) is 12.8 Å². The number of imidazole rings is 1. The normalized spacial score (nSPS) is 24.4. The summed E-state index contributed by atoms with van der Waals surface area (Å²) in [6, 6.07) is 0. The third kappa shape index (κ3) is 5.65. The van der Waals surface area contributed by atoms with Crippen molar-refractivity contribution >= 4 is 22.0 Å². The number of halogens is 6. The molecule has 0 radical (unpaired) electrons. The van der Waals surface area contributed by atoms with Crippen LogP contribution in [-0.2, 0) is 23.1 Å². The molecule has 1 aromatic rings. The number of carbonyl (C=O) groups is 2. The molecule has 2 unspecified atom stereocenters. The molecule has 10 nitrogen and oxygen atoms in total. The van der Waals surface area contributed by atoms with Crippen molar-refractivity contribution in [3.63, 3.8) is 0 Å². The lowest BCUT2D eigenvalue weighted by Crippen LogP contribution is -2.65. The molecule has 0 aliphatic carbocycles. The highest BCUT2D eigenvalue weighted by Gasteiger charge is 2.65. The molecule has 198 valence electrons. The first-order valence-corrected chi connectivity index (χ1v) is 12.1. The first kappa shape index (κ1) is 27.0. The first-order valence-electron chi connectivity index (χ1n) is 10.3. The molecular weight excluding hydrogens is 512 g/mol.